The fourth-order valence-corrected chi connectivity index (χ4v) is 3.52. The van der Waals surface area contributed by atoms with Crippen molar-refractivity contribution in [3.05, 3.63) is 23.4 Å². The van der Waals surface area contributed by atoms with Gasteiger partial charge in [0, 0.05) is 38.6 Å². The first-order valence-corrected chi connectivity index (χ1v) is 8.75. The summed E-state index contributed by atoms with van der Waals surface area (Å²) in [4.78, 5) is 9.38. The van der Waals surface area contributed by atoms with E-state index in [2.05, 4.69) is 48.6 Å². The molecule has 8 heteroatoms. The summed E-state index contributed by atoms with van der Waals surface area (Å²) in [5.74, 6) is 4.21. The van der Waals surface area contributed by atoms with Crippen LogP contribution in [0.3, 0.4) is 0 Å². The van der Waals surface area contributed by atoms with Crippen LogP contribution in [0.2, 0.25) is 0 Å². The molecule has 1 fully saturated rings. The lowest BCUT2D eigenvalue weighted by molar-refractivity contribution is 0.0111. The summed E-state index contributed by atoms with van der Waals surface area (Å²) in [5, 5.41) is 12.6. The molecule has 1 saturated heterocycles. The molecule has 24 heavy (non-hydrogen) atoms. The first kappa shape index (κ1) is 15.7. The van der Waals surface area contributed by atoms with Gasteiger partial charge in [0.05, 0.1) is 13.1 Å². The average molecular weight is 331 g/mol. The summed E-state index contributed by atoms with van der Waals surface area (Å²) in [6.45, 7) is 12.2. The van der Waals surface area contributed by atoms with Crippen LogP contribution in [-0.4, -0.2) is 60.4 Å². The summed E-state index contributed by atoms with van der Waals surface area (Å²) in [6.07, 6.45) is 0.851. The summed E-state index contributed by atoms with van der Waals surface area (Å²) < 4.78 is 7.54. The lowest BCUT2D eigenvalue weighted by Gasteiger charge is -2.46. The minimum Gasteiger partial charge on any atom is -0.339 e. The fraction of sp³-hybridized carbons (Fsp3) is 0.750. The second-order valence-corrected chi connectivity index (χ2v) is 7.34. The van der Waals surface area contributed by atoms with Crippen molar-refractivity contribution < 1.29 is 4.52 Å². The van der Waals surface area contributed by atoms with Crippen LogP contribution >= 0.6 is 0 Å². The smallest absolute Gasteiger partial charge is 0.226 e. The van der Waals surface area contributed by atoms with Crippen molar-refractivity contribution in [2.75, 3.05) is 19.6 Å². The Bertz CT molecular complexity index is 701. The molecule has 2 aliphatic rings. The Balaban J connectivity index is 1.27. The number of aromatic nitrogens is 5. The molecule has 4 rings (SSSR count). The lowest BCUT2D eigenvalue weighted by Crippen LogP contribution is -2.60. The maximum atomic E-state index is 5.31. The minimum atomic E-state index is 0.538. The highest BCUT2D eigenvalue weighted by atomic mass is 16.5. The van der Waals surface area contributed by atoms with E-state index in [9.17, 15) is 0 Å². The molecule has 0 aromatic carbocycles. The highest BCUT2D eigenvalue weighted by molar-refractivity contribution is 5.01. The van der Waals surface area contributed by atoms with Gasteiger partial charge in [0.15, 0.2) is 5.82 Å². The highest BCUT2D eigenvalue weighted by Gasteiger charge is 2.34. The SMILES string of the molecule is Cc1nnc2n1CCN(C1CN(Cc3noc(CC(C)C)n3)C1)C2. The van der Waals surface area contributed by atoms with Crippen LogP contribution < -0.4 is 0 Å². The van der Waals surface area contributed by atoms with Gasteiger partial charge in [-0.15, -0.1) is 10.2 Å². The van der Waals surface area contributed by atoms with E-state index in [1.165, 1.54) is 0 Å². The van der Waals surface area contributed by atoms with Gasteiger partial charge in [-0.05, 0) is 12.8 Å². The Morgan fingerprint density at radius 2 is 2.04 bits per heavy atom. The highest BCUT2D eigenvalue weighted by Crippen LogP contribution is 2.22. The minimum absolute atomic E-state index is 0.538. The van der Waals surface area contributed by atoms with Crippen molar-refractivity contribution in [2.45, 2.75) is 52.9 Å². The van der Waals surface area contributed by atoms with Crippen molar-refractivity contribution >= 4 is 0 Å². The number of likely N-dealkylation sites (tertiary alicyclic amines) is 1. The normalized spacial score (nSPS) is 19.7. The Kier molecular flexibility index (Phi) is 4.09. The van der Waals surface area contributed by atoms with Gasteiger partial charge in [0.2, 0.25) is 5.89 Å². The van der Waals surface area contributed by atoms with Crippen LogP contribution in [0.25, 0.3) is 0 Å². The van der Waals surface area contributed by atoms with Crippen molar-refractivity contribution in [3.8, 4) is 0 Å². The van der Waals surface area contributed by atoms with Crippen molar-refractivity contribution in [1.82, 2.24) is 34.7 Å². The zero-order valence-corrected chi connectivity index (χ0v) is 14.6. The van der Waals surface area contributed by atoms with Gasteiger partial charge in [-0.25, -0.2) is 0 Å². The van der Waals surface area contributed by atoms with Gasteiger partial charge in [0.1, 0.15) is 11.6 Å². The van der Waals surface area contributed by atoms with E-state index in [1.807, 2.05) is 6.92 Å². The number of hydrogen-bond acceptors (Lipinski definition) is 7. The lowest BCUT2D eigenvalue weighted by atomic mass is 10.1. The molecule has 2 aromatic rings. The number of hydrogen-bond donors (Lipinski definition) is 0. The molecule has 0 spiro atoms. The first-order chi connectivity index (χ1) is 11.6. The van der Waals surface area contributed by atoms with Gasteiger partial charge in [-0.3, -0.25) is 9.80 Å². The quantitative estimate of drug-likeness (QED) is 0.804. The third-order valence-corrected chi connectivity index (χ3v) is 4.88. The van der Waals surface area contributed by atoms with E-state index in [0.717, 1.165) is 69.1 Å². The standard InChI is InChI=1S/C16H25N7O/c1-11(2)6-16-17-14(20-24-16)9-21-7-13(8-21)22-4-5-23-12(3)18-19-15(23)10-22/h11,13H,4-10H2,1-3H3. The van der Waals surface area contributed by atoms with E-state index in [0.29, 0.717) is 12.0 Å². The number of nitrogens with zero attached hydrogens (tertiary/aromatic N) is 7. The second-order valence-electron chi connectivity index (χ2n) is 7.34. The monoisotopic (exact) mass is 331 g/mol. The molecule has 2 aliphatic heterocycles. The maximum absolute atomic E-state index is 5.31. The Labute approximate surface area is 141 Å². The van der Waals surface area contributed by atoms with E-state index < -0.39 is 0 Å². The molecule has 0 aliphatic carbocycles. The topological polar surface area (TPSA) is 76.1 Å². The molecule has 2 aromatic heterocycles. The summed E-state index contributed by atoms with van der Waals surface area (Å²) in [5.41, 5.74) is 0. The molecule has 0 atom stereocenters. The zero-order chi connectivity index (χ0) is 16.7. The summed E-state index contributed by atoms with van der Waals surface area (Å²) in [6, 6.07) is 0.595. The number of rotatable bonds is 5. The van der Waals surface area contributed by atoms with Crippen molar-refractivity contribution in [1.29, 1.82) is 0 Å². The fourth-order valence-electron chi connectivity index (χ4n) is 3.52. The number of fused-ring (bicyclic) bond motifs is 1. The van der Waals surface area contributed by atoms with Crippen LogP contribution in [-0.2, 0) is 26.1 Å². The van der Waals surface area contributed by atoms with E-state index >= 15 is 0 Å². The Morgan fingerprint density at radius 3 is 2.83 bits per heavy atom. The van der Waals surface area contributed by atoms with Crippen LogP contribution in [0.1, 0.15) is 37.2 Å². The maximum Gasteiger partial charge on any atom is 0.226 e. The molecular formula is C16H25N7O. The summed E-state index contributed by atoms with van der Waals surface area (Å²) >= 11 is 0. The third-order valence-electron chi connectivity index (χ3n) is 4.88. The predicted molar refractivity (Wildman–Crippen MR) is 87.1 cm³/mol. The molecule has 4 heterocycles. The molecule has 0 unspecified atom stereocenters. The molecule has 0 amide bonds. The van der Waals surface area contributed by atoms with Gasteiger partial charge in [0.25, 0.3) is 0 Å². The van der Waals surface area contributed by atoms with Gasteiger partial charge in [-0.1, -0.05) is 19.0 Å². The van der Waals surface area contributed by atoms with Crippen LogP contribution in [0.4, 0.5) is 0 Å². The Hall–Kier alpha value is -1.80. The Morgan fingerprint density at radius 1 is 1.21 bits per heavy atom. The summed E-state index contributed by atoms with van der Waals surface area (Å²) in [7, 11) is 0. The first-order valence-electron chi connectivity index (χ1n) is 8.75. The van der Waals surface area contributed by atoms with E-state index in [4.69, 9.17) is 4.52 Å². The van der Waals surface area contributed by atoms with Crippen molar-refractivity contribution in [2.24, 2.45) is 5.92 Å². The third kappa shape index (κ3) is 3.08. The number of aryl methyl sites for hydroxylation is 1. The molecular weight excluding hydrogens is 306 g/mol. The average Bonchev–Trinajstić information content (AvgIpc) is 3.09. The molecule has 0 saturated carbocycles. The van der Waals surface area contributed by atoms with Crippen LogP contribution in [0.5, 0.6) is 0 Å². The predicted octanol–water partition coefficient (Wildman–Crippen LogP) is 0.868. The molecule has 0 bridgehead atoms. The molecule has 0 radical (unpaired) electrons. The van der Waals surface area contributed by atoms with Gasteiger partial charge < -0.3 is 9.09 Å². The van der Waals surface area contributed by atoms with E-state index in [-0.39, 0.29) is 0 Å². The molecule has 0 N–H and O–H groups in total. The van der Waals surface area contributed by atoms with Crippen molar-refractivity contribution in [3.63, 3.8) is 0 Å². The molecule has 8 nitrogen and oxygen atoms in total. The van der Waals surface area contributed by atoms with Gasteiger partial charge in [-0.2, -0.15) is 4.98 Å². The van der Waals surface area contributed by atoms with E-state index in [1.54, 1.807) is 0 Å². The van der Waals surface area contributed by atoms with Crippen LogP contribution in [0, 0.1) is 12.8 Å². The zero-order valence-electron chi connectivity index (χ0n) is 14.6. The largest absolute Gasteiger partial charge is 0.339 e. The molecule has 130 valence electrons. The van der Waals surface area contributed by atoms with Crippen LogP contribution in [0.15, 0.2) is 4.52 Å². The van der Waals surface area contributed by atoms with Gasteiger partial charge >= 0.3 is 0 Å². The second kappa shape index (κ2) is 6.25.